The van der Waals surface area contributed by atoms with Crippen LogP contribution in [0.1, 0.15) is 11.5 Å². The SMILES string of the molecule is Cc1nnc(S/C(=C\c2ccccc2)C(=O)[O-])o1. The molecule has 2 rings (SSSR count). The van der Waals surface area contributed by atoms with E-state index < -0.39 is 5.97 Å². The number of aryl methyl sites for hydroxylation is 1. The fourth-order valence-corrected chi connectivity index (χ4v) is 1.95. The van der Waals surface area contributed by atoms with Gasteiger partial charge in [0.25, 0.3) is 5.22 Å². The summed E-state index contributed by atoms with van der Waals surface area (Å²) >= 11 is 0.871. The monoisotopic (exact) mass is 261 g/mol. The lowest BCUT2D eigenvalue weighted by Gasteiger charge is -2.05. The summed E-state index contributed by atoms with van der Waals surface area (Å²) in [5, 5.41) is 18.6. The van der Waals surface area contributed by atoms with Gasteiger partial charge in [0, 0.05) is 11.8 Å². The molecule has 5 nitrogen and oxygen atoms in total. The summed E-state index contributed by atoms with van der Waals surface area (Å²) in [7, 11) is 0. The van der Waals surface area contributed by atoms with E-state index in [0.717, 1.165) is 17.3 Å². The van der Waals surface area contributed by atoms with Crippen LogP contribution in [0.15, 0.2) is 44.9 Å². The highest BCUT2D eigenvalue weighted by molar-refractivity contribution is 8.03. The van der Waals surface area contributed by atoms with Crippen molar-refractivity contribution in [1.82, 2.24) is 10.2 Å². The first-order valence-electron chi connectivity index (χ1n) is 5.11. The molecule has 0 radical (unpaired) electrons. The van der Waals surface area contributed by atoms with Crippen molar-refractivity contribution in [2.24, 2.45) is 0 Å². The Morgan fingerprint density at radius 1 is 1.33 bits per heavy atom. The highest BCUT2D eigenvalue weighted by atomic mass is 32.2. The average Bonchev–Trinajstić information content (AvgIpc) is 2.75. The maximum atomic E-state index is 11.0. The third-order valence-corrected chi connectivity index (χ3v) is 2.85. The van der Waals surface area contributed by atoms with Gasteiger partial charge in [-0.2, -0.15) is 0 Å². The first kappa shape index (κ1) is 12.4. The number of carbonyl (C=O) groups excluding carboxylic acids is 1. The zero-order valence-corrected chi connectivity index (χ0v) is 10.3. The fraction of sp³-hybridized carbons (Fsp3) is 0.0833. The molecule has 0 saturated carbocycles. The number of hydrogen-bond donors (Lipinski definition) is 0. The van der Waals surface area contributed by atoms with E-state index >= 15 is 0 Å². The van der Waals surface area contributed by atoms with Gasteiger partial charge in [-0.25, -0.2) is 0 Å². The maximum absolute atomic E-state index is 11.0. The molecule has 0 amide bonds. The van der Waals surface area contributed by atoms with Crippen LogP contribution in [0.25, 0.3) is 6.08 Å². The molecule has 1 heterocycles. The molecule has 0 spiro atoms. The third kappa shape index (κ3) is 3.21. The second-order valence-electron chi connectivity index (χ2n) is 3.40. The van der Waals surface area contributed by atoms with Crippen LogP contribution >= 0.6 is 11.8 Å². The fourth-order valence-electron chi connectivity index (χ4n) is 1.24. The lowest BCUT2D eigenvalue weighted by molar-refractivity contribution is -0.298. The summed E-state index contributed by atoms with van der Waals surface area (Å²) < 4.78 is 5.11. The molecule has 1 aromatic heterocycles. The topological polar surface area (TPSA) is 79.0 Å². The molecule has 18 heavy (non-hydrogen) atoms. The van der Waals surface area contributed by atoms with Gasteiger partial charge in [0.2, 0.25) is 5.89 Å². The molecule has 0 aliphatic heterocycles. The standard InChI is InChI=1S/C12H10N2O3S/c1-8-13-14-12(17-8)18-10(11(15)16)7-9-5-3-2-4-6-9/h2-7H,1H3,(H,15,16)/p-1/b10-7-. The Morgan fingerprint density at radius 2 is 2.06 bits per heavy atom. The van der Waals surface area contributed by atoms with Crippen LogP contribution in [0, 0.1) is 6.92 Å². The van der Waals surface area contributed by atoms with E-state index in [9.17, 15) is 9.90 Å². The number of benzene rings is 1. The molecule has 0 bridgehead atoms. The van der Waals surface area contributed by atoms with Crippen LogP contribution in [0.2, 0.25) is 0 Å². The van der Waals surface area contributed by atoms with Crippen LogP contribution in [-0.2, 0) is 4.79 Å². The molecule has 0 saturated heterocycles. The number of carboxylic acid groups (broad SMARTS) is 1. The summed E-state index contributed by atoms with van der Waals surface area (Å²) in [5.74, 6) is -0.894. The molecule has 0 atom stereocenters. The second-order valence-corrected chi connectivity index (χ2v) is 4.39. The predicted molar refractivity (Wildman–Crippen MR) is 64.3 cm³/mol. The normalized spacial score (nSPS) is 11.5. The molecular weight excluding hydrogens is 252 g/mol. The lowest BCUT2D eigenvalue weighted by Crippen LogP contribution is -2.22. The number of hydrogen-bond acceptors (Lipinski definition) is 6. The quantitative estimate of drug-likeness (QED) is 0.609. The van der Waals surface area contributed by atoms with Crippen LogP contribution in [0.3, 0.4) is 0 Å². The smallest absolute Gasteiger partial charge is 0.281 e. The van der Waals surface area contributed by atoms with Gasteiger partial charge < -0.3 is 14.3 Å². The summed E-state index contributed by atoms with van der Waals surface area (Å²) in [5.41, 5.74) is 0.764. The molecule has 6 heteroatoms. The molecule has 0 N–H and O–H groups in total. The number of rotatable bonds is 4. The third-order valence-electron chi connectivity index (χ3n) is 2.00. The number of nitrogens with zero attached hydrogens (tertiary/aromatic N) is 2. The van der Waals surface area contributed by atoms with E-state index in [-0.39, 0.29) is 10.1 Å². The van der Waals surface area contributed by atoms with E-state index in [1.54, 1.807) is 19.1 Å². The number of carbonyl (C=O) groups is 1. The summed E-state index contributed by atoms with van der Waals surface area (Å²) in [4.78, 5) is 11.0. The van der Waals surface area contributed by atoms with Crippen molar-refractivity contribution in [2.45, 2.75) is 12.1 Å². The minimum absolute atomic E-state index is 0.0184. The molecular formula is C12H9N2O3S-. The van der Waals surface area contributed by atoms with Crippen molar-refractivity contribution >= 4 is 23.8 Å². The van der Waals surface area contributed by atoms with Crippen molar-refractivity contribution in [1.29, 1.82) is 0 Å². The Labute approximate surface area is 108 Å². The van der Waals surface area contributed by atoms with Crippen molar-refractivity contribution in [2.75, 3.05) is 0 Å². The summed E-state index contributed by atoms with van der Waals surface area (Å²) in [6, 6.07) is 9.08. The molecule has 1 aromatic carbocycles. The zero-order chi connectivity index (χ0) is 13.0. The van der Waals surface area contributed by atoms with Gasteiger partial charge in [0.1, 0.15) is 0 Å². The number of aliphatic carboxylic acids is 1. The predicted octanol–water partition coefficient (Wildman–Crippen LogP) is 1.26. The van der Waals surface area contributed by atoms with Gasteiger partial charge in [-0.05, 0) is 23.4 Å². The minimum atomic E-state index is -1.28. The van der Waals surface area contributed by atoms with Crippen molar-refractivity contribution in [3.05, 3.63) is 46.7 Å². The second kappa shape index (κ2) is 5.50. The number of aromatic nitrogens is 2. The minimum Gasteiger partial charge on any atom is -0.544 e. The summed E-state index contributed by atoms with van der Waals surface area (Å²) in [6.07, 6.45) is 1.50. The zero-order valence-electron chi connectivity index (χ0n) is 9.49. The number of carboxylic acids is 1. The van der Waals surface area contributed by atoms with Gasteiger partial charge >= 0.3 is 0 Å². The van der Waals surface area contributed by atoms with Crippen molar-refractivity contribution in [3.63, 3.8) is 0 Å². The van der Waals surface area contributed by atoms with Crippen molar-refractivity contribution in [3.8, 4) is 0 Å². The van der Waals surface area contributed by atoms with E-state index in [4.69, 9.17) is 4.42 Å². The molecule has 0 aliphatic carbocycles. The Morgan fingerprint density at radius 3 is 2.61 bits per heavy atom. The maximum Gasteiger partial charge on any atom is 0.281 e. The first-order valence-corrected chi connectivity index (χ1v) is 5.93. The van der Waals surface area contributed by atoms with Crippen molar-refractivity contribution < 1.29 is 14.3 Å². The van der Waals surface area contributed by atoms with Crippen LogP contribution < -0.4 is 5.11 Å². The molecule has 2 aromatic rings. The van der Waals surface area contributed by atoms with E-state index in [0.29, 0.717) is 5.89 Å². The average molecular weight is 261 g/mol. The van der Waals surface area contributed by atoms with Gasteiger partial charge in [0.15, 0.2) is 0 Å². The van der Waals surface area contributed by atoms with E-state index in [1.165, 1.54) is 6.08 Å². The van der Waals surface area contributed by atoms with E-state index in [1.807, 2.05) is 18.2 Å². The van der Waals surface area contributed by atoms with Gasteiger partial charge in [-0.1, -0.05) is 30.3 Å². The Balaban J connectivity index is 2.24. The Kier molecular flexibility index (Phi) is 3.78. The first-order chi connectivity index (χ1) is 8.65. The Bertz CT molecular complexity index is 578. The highest BCUT2D eigenvalue weighted by Gasteiger charge is 2.08. The van der Waals surface area contributed by atoms with Crippen LogP contribution in [0.5, 0.6) is 0 Å². The molecule has 92 valence electrons. The van der Waals surface area contributed by atoms with Gasteiger partial charge in [0.05, 0.1) is 5.97 Å². The van der Waals surface area contributed by atoms with E-state index in [2.05, 4.69) is 10.2 Å². The van der Waals surface area contributed by atoms with Gasteiger partial charge in [-0.3, -0.25) is 0 Å². The molecule has 0 fully saturated rings. The summed E-state index contributed by atoms with van der Waals surface area (Å²) in [6.45, 7) is 1.64. The molecule has 0 aliphatic rings. The number of thioether (sulfide) groups is 1. The van der Waals surface area contributed by atoms with Crippen LogP contribution in [-0.4, -0.2) is 16.2 Å². The highest BCUT2D eigenvalue weighted by Crippen LogP contribution is 2.26. The molecule has 0 unspecified atom stereocenters. The van der Waals surface area contributed by atoms with Gasteiger partial charge in [-0.15, -0.1) is 10.2 Å². The Hall–Kier alpha value is -2.08. The van der Waals surface area contributed by atoms with Crippen LogP contribution in [0.4, 0.5) is 0 Å². The lowest BCUT2D eigenvalue weighted by atomic mass is 10.2. The largest absolute Gasteiger partial charge is 0.544 e.